The highest BCUT2D eigenvalue weighted by atomic mass is 19.1. The third-order valence-corrected chi connectivity index (χ3v) is 3.11. The summed E-state index contributed by atoms with van der Waals surface area (Å²) in [5, 5.41) is 0. The number of carbonyl (C=O) groups is 1. The van der Waals surface area contributed by atoms with Crippen LogP contribution in [0.2, 0.25) is 0 Å². The molecular formula is C13H16FNO. The van der Waals surface area contributed by atoms with Gasteiger partial charge in [0.25, 0.3) is 5.91 Å². The zero-order valence-corrected chi connectivity index (χ0v) is 9.50. The van der Waals surface area contributed by atoms with E-state index < -0.39 is 6.67 Å². The summed E-state index contributed by atoms with van der Waals surface area (Å²) in [4.78, 5) is 13.6. The minimum atomic E-state index is -0.464. The van der Waals surface area contributed by atoms with Crippen molar-refractivity contribution in [2.24, 2.45) is 0 Å². The Morgan fingerprint density at radius 2 is 2.25 bits per heavy atom. The summed E-state index contributed by atoms with van der Waals surface area (Å²) in [6, 6.07) is 6.04. The third-order valence-electron chi connectivity index (χ3n) is 3.11. The number of rotatable bonds is 3. The van der Waals surface area contributed by atoms with Crippen LogP contribution in [0.1, 0.15) is 28.4 Å². The predicted octanol–water partition coefficient (Wildman–Crippen LogP) is 2.22. The van der Waals surface area contributed by atoms with Crippen molar-refractivity contribution in [2.45, 2.75) is 19.8 Å². The monoisotopic (exact) mass is 221 g/mol. The van der Waals surface area contributed by atoms with Gasteiger partial charge >= 0.3 is 0 Å². The lowest BCUT2D eigenvalue weighted by molar-refractivity contribution is 0.0728. The van der Waals surface area contributed by atoms with Crippen LogP contribution < -0.4 is 0 Å². The summed E-state index contributed by atoms with van der Waals surface area (Å²) in [7, 11) is 0. The molecule has 16 heavy (non-hydrogen) atoms. The Bertz CT molecular complexity index is 403. The molecule has 0 fully saturated rings. The smallest absolute Gasteiger partial charge is 0.254 e. The molecule has 0 N–H and O–H groups in total. The molecule has 3 heteroatoms. The fourth-order valence-corrected chi connectivity index (χ4v) is 2.10. The highest BCUT2D eigenvalue weighted by molar-refractivity contribution is 5.96. The van der Waals surface area contributed by atoms with E-state index >= 15 is 0 Å². The molecule has 1 aromatic rings. The Morgan fingerprint density at radius 1 is 1.44 bits per heavy atom. The highest BCUT2D eigenvalue weighted by Crippen LogP contribution is 2.20. The Kier molecular flexibility index (Phi) is 3.22. The van der Waals surface area contributed by atoms with Crippen molar-refractivity contribution in [2.75, 3.05) is 19.8 Å². The molecule has 0 bridgehead atoms. The maximum atomic E-state index is 12.3. The van der Waals surface area contributed by atoms with Crippen LogP contribution in [0.15, 0.2) is 18.2 Å². The second kappa shape index (κ2) is 4.64. The molecule has 0 atom stereocenters. The number of amides is 1. The summed E-state index contributed by atoms with van der Waals surface area (Å²) in [6.07, 6.45) is 1.76. The van der Waals surface area contributed by atoms with Crippen LogP contribution in [0.25, 0.3) is 0 Å². The number of nitrogens with zero attached hydrogens (tertiary/aromatic N) is 1. The van der Waals surface area contributed by atoms with E-state index in [2.05, 4.69) is 13.0 Å². The molecule has 2 rings (SSSR count). The van der Waals surface area contributed by atoms with Crippen molar-refractivity contribution in [1.29, 1.82) is 0 Å². The van der Waals surface area contributed by atoms with E-state index in [4.69, 9.17) is 0 Å². The molecule has 0 unspecified atom stereocenters. The maximum absolute atomic E-state index is 12.3. The lowest BCUT2D eigenvalue weighted by Gasteiger charge is -2.28. The summed E-state index contributed by atoms with van der Waals surface area (Å²) in [5.41, 5.74) is 3.02. The number of fused-ring (bicyclic) bond motifs is 1. The van der Waals surface area contributed by atoms with Gasteiger partial charge in [-0.25, -0.2) is 4.39 Å². The normalized spacial score (nSPS) is 15.1. The lowest BCUT2D eigenvalue weighted by atomic mass is 9.96. The van der Waals surface area contributed by atoms with Crippen LogP contribution in [0, 0.1) is 0 Å². The zero-order valence-electron chi connectivity index (χ0n) is 9.50. The Hall–Kier alpha value is -1.38. The van der Waals surface area contributed by atoms with Gasteiger partial charge in [0.15, 0.2) is 0 Å². The molecule has 1 aliphatic heterocycles. The average Bonchev–Trinajstić information content (AvgIpc) is 2.33. The minimum absolute atomic E-state index is 0.0193. The van der Waals surface area contributed by atoms with Crippen LogP contribution in [-0.2, 0) is 12.8 Å². The van der Waals surface area contributed by atoms with Gasteiger partial charge in [0.05, 0.1) is 0 Å². The molecule has 0 saturated heterocycles. The first-order chi connectivity index (χ1) is 7.76. The quantitative estimate of drug-likeness (QED) is 0.766. The summed E-state index contributed by atoms with van der Waals surface area (Å²) >= 11 is 0. The molecule has 0 saturated carbocycles. The van der Waals surface area contributed by atoms with E-state index in [0.717, 1.165) is 29.5 Å². The molecule has 1 heterocycles. The highest BCUT2D eigenvalue weighted by Gasteiger charge is 2.23. The predicted molar refractivity (Wildman–Crippen MR) is 61.4 cm³/mol. The molecule has 1 aliphatic rings. The van der Waals surface area contributed by atoms with Crippen molar-refractivity contribution >= 4 is 5.91 Å². The number of aryl methyl sites for hydroxylation is 1. The number of alkyl halides is 1. The molecular weight excluding hydrogens is 205 g/mol. The van der Waals surface area contributed by atoms with E-state index in [1.54, 1.807) is 4.90 Å². The van der Waals surface area contributed by atoms with Crippen molar-refractivity contribution in [3.8, 4) is 0 Å². The van der Waals surface area contributed by atoms with Crippen molar-refractivity contribution < 1.29 is 9.18 Å². The van der Waals surface area contributed by atoms with Crippen molar-refractivity contribution in [3.05, 3.63) is 34.9 Å². The van der Waals surface area contributed by atoms with Crippen LogP contribution in [0.3, 0.4) is 0 Å². The van der Waals surface area contributed by atoms with Crippen molar-refractivity contribution in [1.82, 2.24) is 4.90 Å². The molecule has 1 aromatic carbocycles. The largest absolute Gasteiger partial charge is 0.336 e. The van der Waals surface area contributed by atoms with Crippen LogP contribution in [0.5, 0.6) is 0 Å². The van der Waals surface area contributed by atoms with Crippen LogP contribution in [-0.4, -0.2) is 30.6 Å². The summed E-state index contributed by atoms with van der Waals surface area (Å²) < 4.78 is 12.3. The number of halogens is 1. The topological polar surface area (TPSA) is 20.3 Å². The van der Waals surface area contributed by atoms with E-state index in [1.165, 1.54) is 0 Å². The number of hydrogen-bond donors (Lipinski definition) is 0. The second-order valence-corrected chi connectivity index (χ2v) is 4.08. The van der Waals surface area contributed by atoms with Crippen LogP contribution >= 0.6 is 0 Å². The van der Waals surface area contributed by atoms with E-state index in [0.29, 0.717) is 6.54 Å². The van der Waals surface area contributed by atoms with Gasteiger partial charge in [-0.15, -0.1) is 0 Å². The first-order valence-corrected chi connectivity index (χ1v) is 5.73. The first kappa shape index (κ1) is 11.1. The summed E-state index contributed by atoms with van der Waals surface area (Å²) in [6.45, 7) is 2.46. The fraction of sp³-hybridized carbons (Fsp3) is 0.462. The van der Waals surface area contributed by atoms with Crippen LogP contribution in [0.4, 0.5) is 4.39 Å². The fourth-order valence-electron chi connectivity index (χ4n) is 2.10. The van der Waals surface area contributed by atoms with Gasteiger partial charge in [0.2, 0.25) is 0 Å². The Balaban J connectivity index is 2.31. The molecule has 0 aliphatic carbocycles. The molecule has 2 nitrogen and oxygen atoms in total. The van der Waals surface area contributed by atoms with Gasteiger partial charge in [-0.3, -0.25) is 4.79 Å². The molecule has 0 radical (unpaired) electrons. The third kappa shape index (κ3) is 1.94. The van der Waals surface area contributed by atoms with E-state index in [-0.39, 0.29) is 12.5 Å². The zero-order chi connectivity index (χ0) is 11.5. The average molecular weight is 221 g/mol. The molecule has 0 aromatic heterocycles. The number of carbonyl (C=O) groups excluding carboxylic acids is 1. The van der Waals surface area contributed by atoms with Gasteiger partial charge < -0.3 is 4.90 Å². The lowest BCUT2D eigenvalue weighted by Crippen LogP contribution is -2.38. The van der Waals surface area contributed by atoms with Gasteiger partial charge in [0.1, 0.15) is 6.67 Å². The summed E-state index contributed by atoms with van der Waals surface area (Å²) in [5.74, 6) is -0.0193. The van der Waals surface area contributed by atoms with Crippen molar-refractivity contribution in [3.63, 3.8) is 0 Å². The maximum Gasteiger partial charge on any atom is 0.254 e. The number of benzene rings is 1. The van der Waals surface area contributed by atoms with Gasteiger partial charge in [-0.2, -0.15) is 0 Å². The second-order valence-electron chi connectivity index (χ2n) is 4.08. The van der Waals surface area contributed by atoms with Gasteiger partial charge in [-0.05, 0) is 30.0 Å². The van der Waals surface area contributed by atoms with Gasteiger partial charge in [-0.1, -0.05) is 19.1 Å². The Labute approximate surface area is 95.1 Å². The first-order valence-electron chi connectivity index (χ1n) is 5.73. The van der Waals surface area contributed by atoms with E-state index in [1.807, 2.05) is 12.1 Å². The standard InChI is InChI=1S/C13H16FNO/c1-2-10-3-4-11-5-7-15(8-6-14)13(16)12(11)9-10/h3-4,9H,2,5-8H2,1H3. The molecule has 0 spiro atoms. The Morgan fingerprint density at radius 3 is 2.94 bits per heavy atom. The SMILES string of the molecule is CCc1ccc2c(c1)C(=O)N(CCF)CC2. The number of hydrogen-bond acceptors (Lipinski definition) is 1. The molecule has 1 amide bonds. The van der Waals surface area contributed by atoms with E-state index in [9.17, 15) is 9.18 Å². The molecule has 86 valence electrons. The minimum Gasteiger partial charge on any atom is -0.336 e. The van der Waals surface area contributed by atoms with Gasteiger partial charge in [0, 0.05) is 18.7 Å².